The molecule has 0 fully saturated rings. The maximum Gasteiger partial charge on any atom is 0.219 e. The van der Waals surface area contributed by atoms with E-state index in [1.807, 2.05) is 24.3 Å². The summed E-state index contributed by atoms with van der Waals surface area (Å²) in [4.78, 5) is 4.22. The molecule has 0 amide bonds. The summed E-state index contributed by atoms with van der Waals surface area (Å²) in [6.45, 7) is 5.10. The lowest BCUT2D eigenvalue weighted by atomic mass is 10.1. The number of nitrogens with zero attached hydrogens (tertiary/aromatic N) is 1. The van der Waals surface area contributed by atoms with Crippen molar-refractivity contribution in [3.05, 3.63) is 51.6 Å². The van der Waals surface area contributed by atoms with E-state index in [1.165, 1.54) is 0 Å². The monoisotopic (exact) mass is 354 g/mol. The first-order valence-corrected chi connectivity index (χ1v) is 7.59. The van der Waals surface area contributed by atoms with Crippen LogP contribution in [-0.4, -0.2) is 11.5 Å². The zero-order valence-electron chi connectivity index (χ0n) is 11.4. The van der Waals surface area contributed by atoms with E-state index in [0.29, 0.717) is 16.7 Å². The van der Waals surface area contributed by atoms with Crippen LogP contribution in [0.25, 0.3) is 0 Å². The van der Waals surface area contributed by atoms with Crippen LogP contribution in [0.5, 0.6) is 11.6 Å². The average Bonchev–Trinajstić information content (AvgIpc) is 2.43. The summed E-state index contributed by atoms with van der Waals surface area (Å²) in [5.74, 6) is 1.12. The summed E-state index contributed by atoms with van der Waals surface area (Å²) >= 11 is 9.51. The molecule has 0 bridgehead atoms. The van der Waals surface area contributed by atoms with Gasteiger partial charge in [0.15, 0.2) is 0 Å². The minimum absolute atomic E-state index is 0.253. The van der Waals surface area contributed by atoms with Gasteiger partial charge >= 0.3 is 0 Å². The molecular weight excluding hydrogens is 340 g/mol. The van der Waals surface area contributed by atoms with Gasteiger partial charge in [-0.3, -0.25) is 0 Å². The molecule has 1 aromatic heterocycles. The van der Waals surface area contributed by atoms with E-state index in [9.17, 15) is 0 Å². The molecule has 1 N–H and O–H groups in total. The number of hydrogen-bond acceptors (Lipinski definition) is 3. The maximum atomic E-state index is 6.11. The normalized spacial score (nSPS) is 12.2. The third-order valence-corrected chi connectivity index (χ3v) is 3.68. The number of aromatic nitrogens is 1. The van der Waals surface area contributed by atoms with Crippen LogP contribution in [0.1, 0.15) is 25.5 Å². The molecule has 0 aliphatic carbocycles. The van der Waals surface area contributed by atoms with Crippen molar-refractivity contribution >= 4 is 27.5 Å². The van der Waals surface area contributed by atoms with Crippen LogP contribution in [0, 0.1) is 0 Å². The molecule has 2 rings (SSSR count). The predicted octanol–water partition coefficient (Wildman–Crippen LogP) is 4.96. The van der Waals surface area contributed by atoms with Crippen LogP contribution in [0.2, 0.25) is 5.02 Å². The van der Waals surface area contributed by atoms with Crippen LogP contribution < -0.4 is 10.1 Å². The lowest BCUT2D eigenvalue weighted by Gasteiger charge is -2.14. The summed E-state index contributed by atoms with van der Waals surface area (Å²) in [5.41, 5.74) is 1.13. The number of ether oxygens (including phenoxy) is 1. The second-order valence-electron chi connectivity index (χ2n) is 4.38. The number of nitrogens with one attached hydrogen (secondary N) is 1. The Morgan fingerprint density at radius 2 is 2.15 bits per heavy atom. The van der Waals surface area contributed by atoms with Gasteiger partial charge in [0.1, 0.15) is 5.75 Å². The van der Waals surface area contributed by atoms with Crippen molar-refractivity contribution in [1.29, 1.82) is 0 Å². The molecule has 0 saturated carbocycles. The highest BCUT2D eigenvalue weighted by Crippen LogP contribution is 2.31. The van der Waals surface area contributed by atoms with Crippen molar-refractivity contribution in [3.63, 3.8) is 0 Å². The highest BCUT2D eigenvalue weighted by Gasteiger charge is 2.08. The SMILES string of the molecule is CCNC(C)c1ccnc(Oc2cc(Br)ccc2Cl)c1. The summed E-state index contributed by atoms with van der Waals surface area (Å²) in [7, 11) is 0. The number of pyridine rings is 1. The Morgan fingerprint density at radius 3 is 2.90 bits per heavy atom. The minimum atomic E-state index is 0.253. The van der Waals surface area contributed by atoms with Crippen molar-refractivity contribution in [1.82, 2.24) is 10.3 Å². The van der Waals surface area contributed by atoms with E-state index in [0.717, 1.165) is 16.6 Å². The van der Waals surface area contributed by atoms with Crippen molar-refractivity contribution in [2.45, 2.75) is 19.9 Å². The first kappa shape index (κ1) is 15.3. The molecule has 20 heavy (non-hydrogen) atoms. The third kappa shape index (κ3) is 3.95. The van der Waals surface area contributed by atoms with E-state index < -0.39 is 0 Å². The Balaban J connectivity index is 2.21. The van der Waals surface area contributed by atoms with Gasteiger partial charge < -0.3 is 10.1 Å². The Bertz CT molecular complexity index is 592. The van der Waals surface area contributed by atoms with E-state index in [2.05, 4.69) is 40.1 Å². The molecule has 1 unspecified atom stereocenters. The molecule has 0 aliphatic rings. The fourth-order valence-electron chi connectivity index (χ4n) is 1.84. The molecular formula is C15H16BrClN2O. The number of halogens is 2. The van der Waals surface area contributed by atoms with Crippen LogP contribution >= 0.6 is 27.5 Å². The summed E-state index contributed by atoms with van der Waals surface area (Å²) in [6.07, 6.45) is 1.74. The number of hydrogen-bond donors (Lipinski definition) is 1. The molecule has 0 saturated heterocycles. The predicted molar refractivity (Wildman–Crippen MR) is 85.6 cm³/mol. The van der Waals surface area contributed by atoms with Gasteiger partial charge in [-0.25, -0.2) is 4.98 Å². The second kappa shape index (κ2) is 7.07. The molecule has 106 valence electrons. The third-order valence-electron chi connectivity index (χ3n) is 2.88. The van der Waals surface area contributed by atoms with Crippen molar-refractivity contribution in [2.24, 2.45) is 0 Å². The fourth-order valence-corrected chi connectivity index (χ4v) is 2.34. The Morgan fingerprint density at radius 1 is 1.35 bits per heavy atom. The van der Waals surface area contributed by atoms with Gasteiger partial charge in [-0.15, -0.1) is 0 Å². The van der Waals surface area contributed by atoms with E-state index in [-0.39, 0.29) is 6.04 Å². The van der Waals surface area contributed by atoms with Gasteiger partial charge in [0.05, 0.1) is 5.02 Å². The number of benzene rings is 1. The van der Waals surface area contributed by atoms with Crippen LogP contribution in [0.15, 0.2) is 41.0 Å². The van der Waals surface area contributed by atoms with E-state index in [1.54, 1.807) is 12.3 Å². The molecule has 5 heteroatoms. The molecule has 0 spiro atoms. The standard InChI is InChI=1S/C15H16BrClN2O/c1-3-18-10(2)11-6-7-19-15(8-11)20-14-9-12(16)4-5-13(14)17/h4-10,18H,3H2,1-2H3. The van der Waals surface area contributed by atoms with Crippen LogP contribution in [-0.2, 0) is 0 Å². The molecule has 0 aliphatic heterocycles. The largest absolute Gasteiger partial charge is 0.437 e. The molecule has 1 atom stereocenters. The second-order valence-corrected chi connectivity index (χ2v) is 5.71. The van der Waals surface area contributed by atoms with Crippen LogP contribution in [0.3, 0.4) is 0 Å². The quantitative estimate of drug-likeness (QED) is 0.823. The smallest absolute Gasteiger partial charge is 0.219 e. The summed E-state index contributed by atoms with van der Waals surface area (Å²) in [6, 6.07) is 9.62. The van der Waals surface area contributed by atoms with Crippen molar-refractivity contribution < 1.29 is 4.74 Å². The van der Waals surface area contributed by atoms with Gasteiger partial charge in [0, 0.05) is 22.8 Å². The van der Waals surface area contributed by atoms with E-state index in [4.69, 9.17) is 16.3 Å². The zero-order valence-corrected chi connectivity index (χ0v) is 13.7. The molecule has 1 heterocycles. The first-order valence-electron chi connectivity index (χ1n) is 6.42. The van der Waals surface area contributed by atoms with Gasteiger partial charge in [0.25, 0.3) is 0 Å². The van der Waals surface area contributed by atoms with Gasteiger partial charge in [-0.2, -0.15) is 0 Å². The highest BCUT2D eigenvalue weighted by molar-refractivity contribution is 9.10. The lowest BCUT2D eigenvalue weighted by Crippen LogP contribution is -2.17. The van der Waals surface area contributed by atoms with Gasteiger partial charge in [-0.1, -0.05) is 34.5 Å². The summed E-state index contributed by atoms with van der Waals surface area (Å²) in [5, 5.41) is 3.91. The highest BCUT2D eigenvalue weighted by atomic mass is 79.9. The van der Waals surface area contributed by atoms with Crippen molar-refractivity contribution in [3.8, 4) is 11.6 Å². The average molecular weight is 356 g/mol. The van der Waals surface area contributed by atoms with Gasteiger partial charge in [0.2, 0.25) is 5.88 Å². The van der Waals surface area contributed by atoms with Gasteiger partial charge in [-0.05, 0) is 43.3 Å². The maximum absolute atomic E-state index is 6.11. The Hall–Kier alpha value is -1.10. The number of rotatable bonds is 5. The lowest BCUT2D eigenvalue weighted by molar-refractivity contribution is 0.460. The van der Waals surface area contributed by atoms with Crippen LogP contribution in [0.4, 0.5) is 0 Å². The Kier molecular flexibility index (Phi) is 5.40. The molecule has 2 aromatic rings. The topological polar surface area (TPSA) is 34.2 Å². The summed E-state index contributed by atoms with van der Waals surface area (Å²) < 4.78 is 6.67. The molecule has 1 aromatic carbocycles. The van der Waals surface area contributed by atoms with Crippen molar-refractivity contribution in [2.75, 3.05) is 6.54 Å². The molecule has 0 radical (unpaired) electrons. The molecule has 3 nitrogen and oxygen atoms in total. The minimum Gasteiger partial charge on any atom is -0.437 e. The first-order chi connectivity index (χ1) is 9.60. The fraction of sp³-hybridized carbons (Fsp3) is 0.267. The zero-order chi connectivity index (χ0) is 14.5. The van der Waals surface area contributed by atoms with E-state index >= 15 is 0 Å². The Labute approximate surface area is 132 Å².